The van der Waals surface area contributed by atoms with Crippen molar-refractivity contribution in [1.29, 1.82) is 0 Å². The molecule has 0 saturated carbocycles. The molecular formula is C9H12ClFN2O4S. The summed E-state index contributed by atoms with van der Waals surface area (Å²) < 4.78 is 39.1. The number of benzene rings is 1. The van der Waals surface area contributed by atoms with E-state index in [0.29, 0.717) is 0 Å². The molecule has 0 fully saturated rings. The average Bonchev–Trinajstić information content (AvgIpc) is 2.30. The van der Waals surface area contributed by atoms with Gasteiger partial charge in [0.25, 0.3) is 0 Å². The minimum atomic E-state index is -4.27. The van der Waals surface area contributed by atoms with Gasteiger partial charge in [0.1, 0.15) is 4.90 Å². The topological polar surface area (TPSA) is 113 Å². The van der Waals surface area contributed by atoms with Crippen LogP contribution in [0.2, 0.25) is 5.02 Å². The lowest BCUT2D eigenvalue weighted by Gasteiger charge is -2.14. The summed E-state index contributed by atoms with van der Waals surface area (Å²) in [6.07, 6.45) is 0. The predicted molar refractivity (Wildman–Crippen MR) is 64.1 cm³/mol. The first kappa shape index (κ1) is 15.1. The average molecular weight is 299 g/mol. The first-order valence-corrected chi connectivity index (χ1v) is 6.66. The molecule has 1 rings (SSSR count). The fourth-order valence-electron chi connectivity index (χ4n) is 1.19. The van der Waals surface area contributed by atoms with Crippen LogP contribution in [0.25, 0.3) is 0 Å². The van der Waals surface area contributed by atoms with Crippen LogP contribution in [0.5, 0.6) is 0 Å². The van der Waals surface area contributed by atoms with E-state index >= 15 is 0 Å². The lowest BCUT2D eigenvalue weighted by atomic mass is 10.3. The third-order valence-corrected chi connectivity index (χ3v) is 3.86. The van der Waals surface area contributed by atoms with Gasteiger partial charge >= 0.3 is 0 Å². The van der Waals surface area contributed by atoms with Crippen molar-refractivity contribution >= 4 is 27.3 Å². The number of aliphatic hydroxyl groups is 2. The van der Waals surface area contributed by atoms with Crippen LogP contribution < -0.4 is 10.5 Å². The molecular weight excluding hydrogens is 287 g/mol. The van der Waals surface area contributed by atoms with Gasteiger partial charge in [-0.3, -0.25) is 0 Å². The summed E-state index contributed by atoms with van der Waals surface area (Å²) in [5.74, 6) is -1.15. The van der Waals surface area contributed by atoms with Crippen LogP contribution in [0, 0.1) is 5.82 Å². The molecule has 0 spiro atoms. The third kappa shape index (κ3) is 3.30. The smallest absolute Gasteiger partial charge is 0.244 e. The number of hydrogen-bond acceptors (Lipinski definition) is 5. The fourth-order valence-corrected chi connectivity index (χ4v) is 2.83. The minimum absolute atomic E-state index is 0.0219. The molecule has 0 radical (unpaired) electrons. The van der Waals surface area contributed by atoms with Crippen LogP contribution in [0.3, 0.4) is 0 Å². The van der Waals surface area contributed by atoms with Crippen LogP contribution in [0.15, 0.2) is 17.0 Å². The Morgan fingerprint density at radius 2 is 1.94 bits per heavy atom. The third-order valence-electron chi connectivity index (χ3n) is 2.07. The van der Waals surface area contributed by atoms with E-state index in [1.807, 2.05) is 4.72 Å². The minimum Gasteiger partial charge on any atom is -0.399 e. The molecule has 0 bridgehead atoms. The van der Waals surface area contributed by atoms with Crippen molar-refractivity contribution in [2.75, 3.05) is 18.9 Å². The van der Waals surface area contributed by atoms with Gasteiger partial charge in [0, 0.05) is 5.69 Å². The van der Waals surface area contributed by atoms with Crippen molar-refractivity contribution in [2.45, 2.75) is 10.9 Å². The zero-order valence-corrected chi connectivity index (χ0v) is 10.7. The lowest BCUT2D eigenvalue weighted by molar-refractivity contribution is 0.185. The van der Waals surface area contributed by atoms with Gasteiger partial charge in [-0.2, -0.15) is 0 Å². The first-order valence-electron chi connectivity index (χ1n) is 4.80. The number of hydrogen-bond donors (Lipinski definition) is 4. The second kappa shape index (κ2) is 5.81. The van der Waals surface area contributed by atoms with Crippen molar-refractivity contribution in [3.05, 3.63) is 23.0 Å². The van der Waals surface area contributed by atoms with E-state index in [0.717, 1.165) is 12.1 Å². The Balaban J connectivity index is 3.20. The highest BCUT2D eigenvalue weighted by Gasteiger charge is 2.24. The van der Waals surface area contributed by atoms with E-state index in [1.165, 1.54) is 0 Å². The number of nitrogens with two attached hydrogens (primary N) is 1. The summed E-state index contributed by atoms with van der Waals surface area (Å²) >= 11 is 5.48. The molecule has 0 amide bonds. The van der Waals surface area contributed by atoms with Gasteiger partial charge in [-0.05, 0) is 12.1 Å². The first-order chi connectivity index (χ1) is 8.31. The fraction of sp³-hybridized carbons (Fsp3) is 0.333. The maximum Gasteiger partial charge on any atom is 0.244 e. The van der Waals surface area contributed by atoms with Gasteiger partial charge in [0.2, 0.25) is 10.0 Å². The van der Waals surface area contributed by atoms with E-state index in [-0.39, 0.29) is 5.69 Å². The summed E-state index contributed by atoms with van der Waals surface area (Å²) in [6, 6.07) is 0.843. The summed E-state index contributed by atoms with van der Waals surface area (Å²) in [5, 5.41) is 17.1. The summed E-state index contributed by atoms with van der Waals surface area (Å²) in [5.41, 5.74) is 5.36. The molecule has 102 valence electrons. The molecule has 0 aliphatic carbocycles. The van der Waals surface area contributed by atoms with Gasteiger partial charge in [0.05, 0.1) is 24.3 Å². The summed E-state index contributed by atoms with van der Waals surface area (Å²) in [6.45, 7) is -1.26. The summed E-state index contributed by atoms with van der Waals surface area (Å²) in [4.78, 5) is -0.737. The highest BCUT2D eigenvalue weighted by atomic mass is 35.5. The molecule has 0 aromatic heterocycles. The highest BCUT2D eigenvalue weighted by molar-refractivity contribution is 7.89. The number of anilines is 1. The molecule has 5 N–H and O–H groups in total. The van der Waals surface area contributed by atoms with Crippen molar-refractivity contribution in [2.24, 2.45) is 0 Å². The maximum atomic E-state index is 13.6. The number of halogens is 2. The molecule has 9 heteroatoms. The number of sulfonamides is 1. The van der Waals surface area contributed by atoms with E-state index in [4.69, 9.17) is 27.5 Å². The van der Waals surface area contributed by atoms with Crippen LogP contribution >= 0.6 is 11.6 Å². The molecule has 0 atom stereocenters. The molecule has 6 nitrogen and oxygen atoms in total. The number of nitrogen functional groups attached to an aromatic ring is 1. The Kier molecular flexibility index (Phi) is 4.88. The van der Waals surface area contributed by atoms with Gasteiger partial charge < -0.3 is 15.9 Å². The zero-order chi connectivity index (χ0) is 13.9. The number of rotatable bonds is 5. The van der Waals surface area contributed by atoms with E-state index < -0.39 is 45.0 Å². The lowest BCUT2D eigenvalue weighted by Crippen LogP contribution is -2.40. The summed E-state index contributed by atoms with van der Waals surface area (Å²) in [7, 11) is -4.27. The maximum absolute atomic E-state index is 13.6. The largest absolute Gasteiger partial charge is 0.399 e. The molecule has 1 aromatic carbocycles. The molecule has 0 saturated heterocycles. The molecule has 0 unspecified atom stereocenters. The van der Waals surface area contributed by atoms with Gasteiger partial charge in [-0.15, -0.1) is 0 Å². The molecule has 18 heavy (non-hydrogen) atoms. The van der Waals surface area contributed by atoms with Crippen LogP contribution in [0.1, 0.15) is 0 Å². The molecule has 0 aliphatic heterocycles. The van der Waals surface area contributed by atoms with Crippen LogP contribution in [-0.2, 0) is 10.0 Å². The number of nitrogens with one attached hydrogen (secondary N) is 1. The quantitative estimate of drug-likeness (QED) is 0.557. The molecule has 0 aliphatic rings. The van der Waals surface area contributed by atoms with E-state index in [9.17, 15) is 12.8 Å². The standard InChI is InChI=1S/C9H12ClFN2O4S/c10-7-1-5(12)2-8(9(7)11)18(16,17)13-6(3-14)4-15/h1-2,6,13-15H,3-4,12H2. The Bertz CT molecular complexity index is 534. The Labute approximate surface area is 108 Å². The molecule has 1 aromatic rings. The van der Waals surface area contributed by atoms with Crippen LogP contribution in [0.4, 0.5) is 10.1 Å². The van der Waals surface area contributed by atoms with Crippen molar-refractivity contribution in [1.82, 2.24) is 4.72 Å². The second-order valence-corrected chi connectivity index (χ2v) is 5.59. The van der Waals surface area contributed by atoms with Crippen molar-refractivity contribution in [3.63, 3.8) is 0 Å². The zero-order valence-electron chi connectivity index (χ0n) is 9.10. The Morgan fingerprint density at radius 3 is 2.44 bits per heavy atom. The highest BCUT2D eigenvalue weighted by Crippen LogP contribution is 2.25. The molecule has 0 heterocycles. The normalized spacial score (nSPS) is 12.1. The van der Waals surface area contributed by atoms with Gasteiger partial charge in [-0.1, -0.05) is 11.6 Å². The van der Waals surface area contributed by atoms with Crippen molar-refractivity contribution in [3.8, 4) is 0 Å². The van der Waals surface area contributed by atoms with Gasteiger partial charge in [0.15, 0.2) is 5.82 Å². The van der Waals surface area contributed by atoms with Crippen LogP contribution in [-0.4, -0.2) is 37.9 Å². The SMILES string of the molecule is Nc1cc(Cl)c(F)c(S(=O)(=O)NC(CO)CO)c1. The Hall–Kier alpha value is -0.930. The Morgan fingerprint density at radius 1 is 1.39 bits per heavy atom. The van der Waals surface area contributed by atoms with E-state index in [1.54, 1.807) is 0 Å². The second-order valence-electron chi connectivity index (χ2n) is 3.50. The number of aliphatic hydroxyl groups excluding tert-OH is 2. The van der Waals surface area contributed by atoms with E-state index in [2.05, 4.69) is 0 Å². The van der Waals surface area contributed by atoms with Gasteiger partial charge in [-0.25, -0.2) is 17.5 Å². The monoisotopic (exact) mass is 298 g/mol. The predicted octanol–water partition coefficient (Wildman–Crippen LogP) is -0.307. The van der Waals surface area contributed by atoms with Crippen molar-refractivity contribution < 1.29 is 23.0 Å².